The van der Waals surface area contributed by atoms with Crippen LogP contribution in [0.15, 0.2) is 279 Å². The molecule has 15 rings (SSSR count). The number of hydrogen-bond acceptors (Lipinski definition) is 9. The third kappa shape index (κ3) is 10.9. The highest BCUT2D eigenvalue weighted by atomic mass is 16.5. The van der Waals surface area contributed by atoms with E-state index in [0.717, 1.165) is 88.1 Å². The average Bonchev–Trinajstić information content (AvgIpc) is 1.56. The highest BCUT2D eigenvalue weighted by molar-refractivity contribution is 6.13. The van der Waals surface area contributed by atoms with Crippen molar-refractivity contribution in [1.82, 2.24) is 24.1 Å². The first kappa shape index (κ1) is 57.1. The number of aromatic nitrogens is 5. The van der Waals surface area contributed by atoms with Gasteiger partial charge < -0.3 is 18.6 Å². The minimum Gasteiger partial charge on any atom is -0.457 e. The molecule has 15 aromatic rings. The molecule has 12 heteroatoms. The van der Waals surface area contributed by atoms with E-state index < -0.39 is 11.9 Å². The zero-order chi connectivity index (χ0) is 63.7. The topological polar surface area (TPSA) is 153 Å². The summed E-state index contributed by atoms with van der Waals surface area (Å²) in [6, 6.07) is 94.0. The molecule has 12 aromatic carbocycles. The zero-order valence-electron chi connectivity index (χ0n) is 50.2. The number of fused-ring (bicyclic) bond motifs is 6. The summed E-state index contributed by atoms with van der Waals surface area (Å²) < 4.78 is 16.1. The molecular weight excluding hydrogens is 1160 g/mol. The molecule has 94 heavy (non-hydrogen) atoms. The molecule has 0 aliphatic heterocycles. The van der Waals surface area contributed by atoms with E-state index in [9.17, 15) is 20.1 Å². The summed E-state index contributed by atoms with van der Waals surface area (Å²) in [7, 11) is 0. The Morgan fingerprint density at radius 3 is 1.22 bits per heavy atom. The second kappa shape index (κ2) is 24.6. The number of nitrogens with zero attached hydrogens (tertiary/aromatic N) is 8. The molecule has 0 aliphatic rings. The number of ether oxygens (including phenoxy) is 2. The minimum absolute atomic E-state index is 0.121. The predicted molar refractivity (Wildman–Crippen MR) is 368 cm³/mol. The number of esters is 2. The third-order valence-corrected chi connectivity index (χ3v) is 17.0. The van der Waals surface area contributed by atoms with Crippen molar-refractivity contribution in [2.75, 3.05) is 0 Å². The maximum atomic E-state index is 13.9. The van der Waals surface area contributed by atoms with Gasteiger partial charge in [0.15, 0.2) is 23.2 Å². The van der Waals surface area contributed by atoms with Gasteiger partial charge in [0.1, 0.15) is 13.2 Å². The predicted octanol–water partition coefficient (Wildman–Crippen LogP) is 19.1. The Labute approximate surface area is 540 Å². The van der Waals surface area contributed by atoms with Crippen molar-refractivity contribution < 1.29 is 19.1 Å². The lowest BCUT2D eigenvalue weighted by Gasteiger charge is -2.18. The van der Waals surface area contributed by atoms with Crippen molar-refractivity contribution in [3.63, 3.8) is 0 Å². The van der Waals surface area contributed by atoms with Gasteiger partial charge in [0, 0.05) is 38.2 Å². The molecule has 0 unspecified atom stereocenters. The van der Waals surface area contributed by atoms with Crippen LogP contribution in [0.25, 0.3) is 127 Å². The number of rotatable bonds is 14. The Balaban J connectivity index is 0.961. The summed E-state index contributed by atoms with van der Waals surface area (Å²) in [4.78, 5) is 47.9. The smallest absolute Gasteiger partial charge is 0.338 e. The molecule has 0 saturated heterocycles. The van der Waals surface area contributed by atoms with Crippen LogP contribution in [-0.4, -0.2) is 36.0 Å². The Morgan fingerprint density at radius 2 is 0.766 bits per heavy atom. The van der Waals surface area contributed by atoms with Crippen molar-refractivity contribution in [1.29, 1.82) is 10.5 Å². The molecule has 3 heterocycles. The van der Waals surface area contributed by atoms with Crippen molar-refractivity contribution in [3.05, 3.63) is 324 Å². The Bertz CT molecular complexity index is 5340. The van der Waals surface area contributed by atoms with Crippen LogP contribution in [0.4, 0.5) is 5.69 Å². The fourth-order valence-corrected chi connectivity index (χ4v) is 12.3. The number of carbonyl (C=O) groups excluding carboxylic acids is 2. The van der Waals surface area contributed by atoms with E-state index in [0.29, 0.717) is 73.5 Å². The lowest BCUT2D eigenvalue weighted by molar-refractivity contribution is 0.0464. The molecule has 12 nitrogen and oxygen atoms in total. The third-order valence-electron chi connectivity index (χ3n) is 17.0. The quantitative estimate of drug-likeness (QED) is 0.0765. The second-order valence-corrected chi connectivity index (χ2v) is 22.7. The second-order valence-electron chi connectivity index (χ2n) is 22.7. The van der Waals surface area contributed by atoms with Gasteiger partial charge >= 0.3 is 11.9 Å². The van der Waals surface area contributed by atoms with Gasteiger partial charge in [-0.2, -0.15) is 10.5 Å². The first-order valence-corrected chi connectivity index (χ1v) is 30.4. The normalized spacial score (nSPS) is 11.1. The summed E-state index contributed by atoms with van der Waals surface area (Å²) in [5, 5.41) is 23.7. The van der Waals surface area contributed by atoms with E-state index in [1.165, 1.54) is 0 Å². The summed E-state index contributed by atoms with van der Waals surface area (Å²) in [6.45, 7) is 7.79. The van der Waals surface area contributed by atoms with Crippen LogP contribution in [0.2, 0.25) is 0 Å². The molecule has 0 radical (unpaired) electrons. The molecule has 0 aliphatic carbocycles. The van der Waals surface area contributed by atoms with E-state index >= 15 is 0 Å². The van der Waals surface area contributed by atoms with E-state index in [1.54, 1.807) is 36.4 Å². The average molecular weight is 1210 g/mol. The number of carbonyl (C=O) groups is 2. The number of benzene rings is 12. The lowest BCUT2D eigenvalue weighted by atomic mass is 9.99. The van der Waals surface area contributed by atoms with E-state index in [2.05, 4.69) is 50.4 Å². The fraction of sp³-hybridized carbons (Fsp3) is 0.0244. The Morgan fingerprint density at radius 1 is 0.372 bits per heavy atom. The SMILES string of the molecule is [C-]#[N+]c1ccc(-c2ccc(-c3nc(-c4ccc(-c5cccc(C#N)c5)cc4-n4c5ccccc5c5cc(C(=O)OCc6ccccc6)ccc54)nc(-c4ccc(-c5cccc(C#N)c5)cc4-n4c5ccccc5c5cc(C(=O)OCc6ccccc6)ccc54)n3)cc2)cc1. The molecule has 3 aromatic heterocycles. The molecule has 0 N–H and O–H groups in total. The monoisotopic (exact) mass is 1210 g/mol. The van der Waals surface area contributed by atoms with Crippen LogP contribution >= 0.6 is 0 Å². The molecule has 0 atom stereocenters. The molecule has 0 bridgehead atoms. The van der Waals surface area contributed by atoms with Crippen molar-refractivity contribution in [2.45, 2.75) is 13.2 Å². The minimum atomic E-state index is -0.452. The summed E-state index contributed by atoms with van der Waals surface area (Å²) >= 11 is 0. The van der Waals surface area contributed by atoms with Crippen LogP contribution in [-0.2, 0) is 22.7 Å². The van der Waals surface area contributed by atoms with Gasteiger partial charge in [-0.25, -0.2) is 29.4 Å². The number of para-hydroxylation sites is 2. The fourth-order valence-electron chi connectivity index (χ4n) is 12.3. The number of hydrogen-bond donors (Lipinski definition) is 0. The molecule has 442 valence electrons. The van der Waals surface area contributed by atoms with Crippen LogP contribution in [0.1, 0.15) is 43.0 Å². The highest BCUT2D eigenvalue weighted by Gasteiger charge is 2.25. The van der Waals surface area contributed by atoms with Crippen molar-refractivity contribution in [3.8, 4) is 91.1 Å². The maximum Gasteiger partial charge on any atom is 0.338 e. The van der Waals surface area contributed by atoms with Gasteiger partial charge in [-0.3, -0.25) is 0 Å². The first-order valence-electron chi connectivity index (χ1n) is 30.4. The summed E-state index contributed by atoms with van der Waals surface area (Å²) in [5.41, 5.74) is 16.0. The van der Waals surface area contributed by atoms with E-state index in [4.69, 9.17) is 31.0 Å². The summed E-state index contributed by atoms with van der Waals surface area (Å²) in [5.74, 6) is 0.163. The van der Waals surface area contributed by atoms with Crippen molar-refractivity contribution >= 4 is 61.2 Å². The van der Waals surface area contributed by atoms with Gasteiger partial charge in [-0.05, 0) is 142 Å². The molecular formula is C82H50N8O4. The van der Waals surface area contributed by atoms with Crippen LogP contribution in [0.5, 0.6) is 0 Å². The van der Waals surface area contributed by atoms with Crippen LogP contribution in [0, 0.1) is 29.2 Å². The first-order chi connectivity index (χ1) is 46.2. The van der Waals surface area contributed by atoms with Gasteiger partial charge in [0.05, 0.1) is 74.4 Å². The molecule has 0 spiro atoms. The zero-order valence-corrected chi connectivity index (χ0v) is 50.2. The van der Waals surface area contributed by atoms with Gasteiger partial charge in [0.25, 0.3) is 0 Å². The molecule has 0 amide bonds. The van der Waals surface area contributed by atoms with Crippen molar-refractivity contribution in [2.24, 2.45) is 0 Å². The van der Waals surface area contributed by atoms with Crippen LogP contribution < -0.4 is 0 Å². The van der Waals surface area contributed by atoms with Gasteiger partial charge in [-0.1, -0.05) is 182 Å². The van der Waals surface area contributed by atoms with Gasteiger partial charge in [-0.15, -0.1) is 0 Å². The van der Waals surface area contributed by atoms with Gasteiger partial charge in [0.2, 0.25) is 0 Å². The molecule has 0 saturated carbocycles. The number of nitriles is 2. The Hall–Kier alpha value is -13.3. The van der Waals surface area contributed by atoms with Crippen LogP contribution in [0.3, 0.4) is 0 Å². The Kier molecular flexibility index (Phi) is 14.9. The van der Waals surface area contributed by atoms with E-state index in [1.807, 2.05) is 218 Å². The summed E-state index contributed by atoms with van der Waals surface area (Å²) in [6.07, 6.45) is 0. The molecule has 0 fully saturated rings. The standard InChI is InChI=1S/C82H50N8O4/c1-85-65-36-30-57(31-37-65)56-26-28-58(29-27-56)78-86-79(68-38-32-61(59-20-12-18-54(42-59)48-83)46-76(68)89-72-24-10-8-22-66(72)70-44-63(34-40-74(70)89)81(91)93-50-52-14-4-2-5-15-52)88-80(87-78)69-39-33-62(60-21-13-19-55(43-60)49-84)47-77(69)90-73-25-11-9-23-67(73)71-45-64(35-41-75(71)90)82(92)94-51-53-16-6-3-7-17-53/h2-47H,50-51H2. The van der Waals surface area contributed by atoms with E-state index in [-0.39, 0.29) is 13.2 Å². The highest BCUT2D eigenvalue weighted by Crippen LogP contribution is 2.42. The lowest BCUT2D eigenvalue weighted by Crippen LogP contribution is -2.06. The maximum absolute atomic E-state index is 13.9. The largest absolute Gasteiger partial charge is 0.457 e.